The van der Waals surface area contributed by atoms with Crippen molar-refractivity contribution in [2.45, 2.75) is 26.2 Å². The number of pyridine rings is 1. The van der Waals surface area contributed by atoms with Gasteiger partial charge in [-0.05, 0) is 16.5 Å². The summed E-state index contributed by atoms with van der Waals surface area (Å²) in [5, 5.41) is 10.9. The molecular formula is C15H17N3O2. The van der Waals surface area contributed by atoms with E-state index in [0.717, 1.165) is 5.56 Å². The van der Waals surface area contributed by atoms with Crippen LogP contribution in [0.4, 0.5) is 11.5 Å². The molecule has 2 rings (SSSR count). The number of aromatic nitrogens is 1. The number of nitrogens with zero attached hydrogens (tertiary/aromatic N) is 2. The first-order valence-corrected chi connectivity index (χ1v) is 6.30. The molecule has 104 valence electrons. The van der Waals surface area contributed by atoms with E-state index in [1.165, 1.54) is 11.6 Å². The van der Waals surface area contributed by atoms with Crippen LogP contribution in [0, 0.1) is 10.1 Å². The number of rotatable bonds is 2. The summed E-state index contributed by atoms with van der Waals surface area (Å²) in [6.45, 7) is 6.41. The molecule has 1 aromatic carbocycles. The Morgan fingerprint density at radius 3 is 2.25 bits per heavy atom. The zero-order chi connectivity index (χ0) is 14.9. The van der Waals surface area contributed by atoms with E-state index >= 15 is 0 Å². The minimum absolute atomic E-state index is 0.0648. The number of nitrogens with two attached hydrogens (primary N) is 1. The van der Waals surface area contributed by atoms with Gasteiger partial charge >= 0.3 is 5.69 Å². The SMILES string of the molecule is CC(C)(C)c1ccc(-c2cnc(N)c([N+](=O)[O-])c2)cc1. The molecule has 0 aliphatic heterocycles. The fourth-order valence-corrected chi connectivity index (χ4v) is 1.93. The van der Waals surface area contributed by atoms with Gasteiger partial charge in [0.05, 0.1) is 4.92 Å². The van der Waals surface area contributed by atoms with Gasteiger partial charge in [0.15, 0.2) is 0 Å². The maximum atomic E-state index is 10.9. The normalized spacial score (nSPS) is 11.3. The Labute approximate surface area is 117 Å². The molecule has 0 saturated heterocycles. The Morgan fingerprint density at radius 1 is 1.15 bits per heavy atom. The van der Waals surface area contributed by atoms with Crippen LogP contribution in [0.25, 0.3) is 11.1 Å². The first-order valence-electron chi connectivity index (χ1n) is 6.30. The number of hydrogen-bond donors (Lipinski definition) is 1. The molecule has 0 aliphatic carbocycles. The quantitative estimate of drug-likeness (QED) is 0.669. The zero-order valence-corrected chi connectivity index (χ0v) is 11.8. The van der Waals surface area contributed by atoms with Gasteiger partial charge in [-0.2, -0.15) is 0 Å². The second kappa shape index (κ2) is 4.92. The number of nitro groups is 1. The van der Waals surface area contributed by atoms with Crippen LogP contribution in [0.1, 0.15) is 26.3 Å². The molecular weight excluding hydrogens is 254 g/mol. The van der Waals surface area contributed by atoms with E-state index in [1.807, 2.05) is 24.3 Å². The van der Waals surface area contributed by atoms with Gasteiger partial charge < -0.3 is 5.73 Å². The number of benzene rings is 1. The van der Waals surface area contributed by atoms with Crippen LogP contribution in [-0.2, 0) is 5.41 Å². The third-order valence-corrected chi connectivity index (χ3v) is 3.18. The molecule has 0 bridgehead atoms. The Balaban J connectivity index is 2.42. The fourth-order valence-electron chi connectivity index (χ4n) is 1.93. The molecule has 1 aromatic heterocycles. The second-order valence-corrected chi connectivity index (χ2v) is 5.71. The standard InChI is InChI=1S/C15H17N3O2/c1-15(2,3)12-6-4-10(5-7-12)11-8-13(18(19)20)14(16)17-9-11/h4-9H,1-3H3,(H2,16,17). The molecule has 0 radical (unpaired) electrons. The maximum Gasteiger partial charge on any atom is 0.311 e. The van der Waals surface area contributed by atoms with Crippen molar-refractivity contribution in [3.8, 4) is 11.1 Å². The number of hydrogen-bond acceptors (Lipinski definition) is 4. The lowest BCUT2D eigenvalue weighted by atomic mass is 9.86. The Morgan fingerprint density at radius 2 is 1.75 bits per heavy atom. The van der Waals surface area contributed by atoms with Crippen LogP contribution in [0.2, 0.25) is 0 Å². The highest BCUT2D eigenvalue weighted by Crippen LogP contribution is 2.29. The summed E-state index contributed by atoms with van der Waals surface area (Å²) in [6, 6.07) is 9.39. The number of anilines is 1. The zero-order valence-electron chi connectivity index (χ0n) is 11.8. The highest BCUT2D eigenvalue weighted by molar-refractivity contribution is 5.69. The third-order valence-electron chi connectivity index (χ3n) is 3.18. The van der Waals surface area contributed by atoms with Gasteiger partial charge in [-0.15, -0.1) is 0 Å². The molecule has 2 N–H and O–H groups in total. The molecule has 0 unspecified atom stereocenters. The molecule has 0 atom stereocenters. The molecule has 0 saturated carbocycles. The maximum absolute atomic E-state index is 10.9. The molecule has 5 heteroatoms. The van der Waals surface area contributed by atoms with E-state index < -0.39 is 4.92 Å². The lowest BCUT2D eigenvalue weighted by Crippen LogP contribution is -2.10. The van der Waals surface area contributed by atoms with E-state index in [9.17, 15) is 10.1 Å². The summed E-state index contributed by atoms with van der Waals surface area (Å²) in [7, 11) is 0. The summed E-state index contributed by atoms with van der Waals surface area (Å²) in [5.41, 5.74) is 8.18. The van der Waals surface area contributed by atoms with Crippen molar-refractivity contribution in [3.63, 3.8) is 0 Å². The number of nitrogen functional groups attached to an aromatic ring is 1. The van der Waals surface area contributed by atoms with Gasteiger partial charge in [0, 0.05) is 17.8 Å². The van der Waals surface area contributed by atoms with Crippen LogP contribution in [0.3, 0.4) is 0 Å². The molecule has 0 spiro atoms. The molecule has 5 nitrogen and oxygen atoms in total. The van der Waals surface area contributed by atoms with Crippen molar-refractivity contribution >= 4 is 11.5 Å². The first kappa shape index (κ1) is 14.0. The predicted molar refractivity (Wildman–Crippen MR) is 79.4 cm³/mol. The largest absolute Gasteiger partial charge is 0.378 e. The van der Waals surface area contributed by atoms with E-state index in [0.29, 0.717) is 5.56 Å². The van der Waals surface area contributed by atoms with Crippen LogP contribution < -0.4 is 5.73 Å². The second-order valence-electron chi connectivity index (χ2n) is 5.71. The lowest BCUT2D eigenvalue weighted by Gasteiger charge is -2.19. The smallest absolute Gasteiger partial charge is 0.311 e. The summed E-state index contributed by atoms with van der Waals surface area (Å²) >= 11 is 0. The Hall–Kier alpha value is -2.43. The van der Waals surface area contributed by atoms with Gasteiger partial charge in [0.1, 0.15) is 0 Å². The highest BCUT2D eigenvalue weighted by atomic mass is 16.6. The van der Waals surface area contributed by atoms with Gasteiger partial charge in [0.25, 0.3) is 0 Å². The van der Waals surface area contributed by atoms with Crippen LogP contribution in [0.15, 0.2) is 36.5 Å². The van der Waals surface area contributed by atoms with Crippen molar-refractivity contribution in [1.82, 2.24) is 4.98 Å². The highest BCUT2D eigenvalue weighted by Gasteiger charge is 2.16. The third kappa shape index (κ3) is 2.77. The van der Waals surface area contributed by atoms with Crippen molar-refractivity contribution in [1.29, 1.82) is 0 Å². The van der Waals surface area contributed by atoms with Gasteiger partial charge in [-0.1, -0.05) is 45.0 Å². The molecule has 20 heavy (non-hydrogen) atoms. The van der Waals surface area contributed by atoms with Crippen LogP contribution in [-0.4, -0.2) is 9.91 Å². The molecule has 0 fully saturated rings. The minimum Gasteiger partial charge on any atom is -0.378 e. The predicted octanol–water partition coefficient (Wildman–Crippen LogP) is 3.54. The Bertz CT molecular complexity index is 643. The van der Waals surface area contributed by atoms with Crippen molar-refractivity contribution in [2.24, 2.45) is 0 Å². The molecule has 0 amide bonds. The lowest BCUT2D eigenvalue weighted by molar-refractivity contribution is -0.384. The van der Waals surface area contributed by atoms with Crippen molar-refractivity contribution < 1.29 is 4.92 Å². The first-order chi connectivity index (χ1) is 9.29. The Kier molecular flexibility index (Phi) is 3.44. The fraction of sp³-hybridized carbons (Fsp3) is 0.267. The van der Waals surface area contributed by atoms with Crippen molar-refractivity contribution in [2.75, 3.05) is 5.73 Å². The average molecular weight is 271 g/mol. The van der Waals surface area contributed by atoms with E-state index in [-0.39, 0.29) is 16.9 Å². The summed E-state index contributed by atoms with van der Waals surface area (Å²) in [5.74, 6) is -0.0648. The monoisotopic (exact) mass is 271 g/mol. The van der Waals surface area contributed by atoms with E-state index in [1.54, 1.807) is 6.20 Å². The molecule has 0 aliphatic rings. The summed E-state index contributed by atoms with van der Waals surface area (Å²) < 4.78 is 0. The minimum atomic E-state index is -0.518. The van der Waals surface area contributed by atoms with Gasteiger partial charge in [0.2, 0.25) is 5.82 Å². The van der Waals surface area contributed by atoms with Crippen LogP contribution >= 0.6 is 0 Å². The molecule has 2 aromatic rings. The van der Waals surface area contributed by atoms with Gasteiger partial charge in [-0.25, -0.2) is 4.98 Å². The van der Waals surface area contributed by atoms with Gasteiger partial charge in [-0.3, -0.25) is 10.1 Å². The van der Waals surface area contributed by atoms with Crippen molar-refractivity contribution in [3.05, 3.63) is 52.2 Å². The topological polar surface area (TPSA) is 82.0 Å². The van der Waals surface area contributed by atoms with E-state index in [2.05, 4.69) is 25.8 Å². The summed E-state index contributed by atoms with van der Waals surface area (Å²) in [6.07, 6.45) is 1.55. The average Bonchev–Trinajstić information content (AvgIpc) is 2.38. The van der Waals surface area contributed by atoms with Crippen LogP contribution in [0.5, 0.6) is 0 Å². The summed E-state index contributed by atoms with van der Waals surface area (Å²) in [4.78, 5) is 14.2. The molecule has 1 heterocycles. The van der Waals surface area contributed by atoms with E-state index in [4.69, 9.17) is 5.73 Å².